The van der Waals surface area contributed by atoms with Gasteiger partial charge in [0.25, 0.3) is 0 Å². The SMILES string of the molecule is CCSCCC(C)NS(=O)(=O)CCSc1cccc(N)c1. The van der Waals surface area contributed by atoms with Crippen molar-refractivity contribution in [2.75, 3.05) is 28.7 Å². The molecule has 0 heterocycles. The van der Waals surface area contributed by atoms with Crippen LogP contribution in [0.5, 0.6) is 0 Å². The number of benzene rings is 1. The quantitative estimate of drug-likeness (QED) is 0.386. The Morgan fingerprint density at radius 2 is 2.10 bits per heavy atom. The zero-order chi connectivity index (χ0) is 15.7. The summed E-state index contributed by atoms with van der Waals surface area (Å²) >= 11 is 3.33. The third-order valence-corrected chi connectivity index (χ3v) is 6.45. The molecule has 21 heavy (non-hydrogen) atoms. The molecule has 0 aromatic heterocycles. The fraction of sp³-hybridized carbons (Fsp3) is 0.571. The molecule has 7 heteroatoms. The van der Waals surface area contributed by atoms with Crippen molar-refractivity contribution >= 4 is 39.2 Å². The van der Waals surface area contributed by atoms with Gasteiger partial charge in [0.15, 0.2) is 0 Å². The molecular formula is C14H24N2O2S3. The van der Waals surface area contributed by atoms with Gasteiger partial charge >= 0.3 is 0 Å². The number of nitrogens with one attached hydrogen (secondary N) is 1. The normalized spacial score (nSPS) is 13.2. The average Bonchev–Trinajstić information content (AvgIpc) is 2.38. The maximum Gasteiger partial charge on any atom is 0.212 e. The van der Waals surface area contributed by atoms with Gasteiger partial charge in [0.05, 0.1) is 5.75 Å². The minimum absolute atomic E-state index is 0.00794. The van der Waals surface area contributed by atoms with Crippen molar-refractivity contribution < 1.29 is 8.42 Å². The first-order chi connectivity index (χ1) is 9.93. The van der Waals surface area contributed by atoms with Crippen LogP contribution in [0.25, 0.3) is 0 Å². The summed E-state index contributed by atoms with van der Waals surface area (Å²) in [5.74, 6) is 2.70. The van der Waals surface area contributed by atoms with Crippen molar-refractivity contribution in [3.8, 4) is 0 Å². The van der Waals surface area contributed by atoms with E-state index in [0.717, 1.165) is 22.8 Å². The maximum atomic E-state index is 12.0. The van der Waals surface area contributed by atoms with Crippen LogP contribution in [0.15, 0.2) is 29.2 Å². The largest absolute Gasteiger partial charge is 0.399 e. The highest BCUT2D eigenvalue weighted by Crippen LogP contribution is 2.20. The van der Waals surface area contributed by atoms with Crippen molar-refractivity contribution in [3.05, 3.63) is 24.3 Å². The number of hydrogen-bond donors (Lipinski definition) is 2. The summed E-state index contributed by atoms with van der Waals surface area (Å²) in [5, 5.41) is 0. The van der Waals surface area contributed by atoms with Crippen molar-refractivity contribution in [1.29, 1.82) is 0 Å². The number of thioether (sulfide) groups is 2. The molecule has 3 N–H and O–H groups in total. The first-order valence-electron chi connectivity index (χ1n) is 6.99. The molecule has 0 aliphatic rings. The molecule has 1 rings (SSSR count). The third-order valence-electron chi connectivity index (χ3n) is 2.76. The molecule has 120 valence electrons. The number of nitrogen functional groups attached to an aromatic ring is 1. The fourth-order valence-electron chi connectivity index (χ4n) is 1.70. The second-order valence-corrected chi connectivity index (χ2v) is 9.18. The highest BCUT2D eigenvalue weighted by atomic mass is 32.2. The monoisotopic (exact) mass is 348 g/mol. The summed E-state index contributed by atoms with van der Waals surface area (Å²) in [4.78, 5) is 0.998. The molecule has 0 aliphatic heterocycles. The van der Waals surface area contributed by atoms with Crippen molar-refractivity contribution in [2.24, 2.45) is 0 Å². The molecule has 1 unspecified atom stereocenters. The van der Waals surface area contributed by atoms with Crippen LogP contribution >= 0.6 is 23.5 Å². The van der Waals surface area contributed by atoms with E-state index in [0.29, 0.717) is 11.4 Å². The van der Waals surface area contributed by atoms with E-state index in [1.807, 2.05) is 43.0 Å². The van der Waals surface area contributed by atoms with Crippen LogP contribution < -0.4 is 10.5 Å². The molecule has 0 amide bonds. The molecule has 0 fully saturated rings. The Kier molecular flexibility index (Phi) is 8.55. The van der Waals surface area contributed by atoms with Gasteiger partial charge in [-0.05, 0) is 43.0 Å². The highest BCUT2D eigenvalue weighted by Gasteiger charge is 2.14. The summed E-state index contributed by atoms with van der Waals surface area (Å²) < 4.78 is 26.7. The van der Waals surface area contributed by atoms with Gasteiger partial charge in [-0.25, -0.2) is 13.1 Å². The Bertz CT molecular complexity index is 521. The summed E-state index contributed by atoms with van der Waals surface area (Å²) in [6, 6.07) is 7.48. The van der Waals surface area contributed by atoms with E-state index in [9.17, 15) is 8.42 Å². The number of nitrogens with two attached hydrogens (primary N) is 1. The topological polar surface area (TPSA) is 72.2 Å². The smallest absolute Gasteiger partial charge is 0.212 e. The second-order valence-electron chi connectivity index (χ2n) is 4.74. The lowest BCUT2D eigenvalue weighted by Gasteiger charge is -2.13. The second kappa shape index (κ2) is 9.61. The van der Waals surface area contributed by atoms with E-state index in [4.69, 9.17) is 5.73 Å². The van der Waals surface area contributed by atoms with Gasteiger partial charge in [0, 0.05) is 22.4 Å². The summed E-state index contributed by atoms with van der Waals surface area (Å²) in [5.41, 5.74) is 6.39. The van der Waals surface area contributed by atoms with Gasteiger partial charge in [-0.1, -0.05) is 13.0 Å². The highest BCUT2D eigenvalue weighted by molar-refractivity contribution is 8.00. The van der Waals surface area contributed by atoms with Gasteiger partial charge in [-0.3, -0.25) is 0 Å². The lowest BCUT2D eigenvalue weighted by atomic mass is 10.3. The van der Waals surface area contributed by atoms with Crippen LogP contribution in [0.2, 0.25) is 0 Å². The molecule has 0 aliphatic carbocycles. The van der Waals surface area contributed by atoms with Crippen LogP contribution in [0.1, 0.15) is 20.3 Å². The summed E-state index contributed by atoms with van der Waals surface area (Å²) in [6.07, 6.45) is 0.861. The minimum atomic E-state index is -3.21. The van der Waals surface area contributed by atoms with Gasteiger partial charge < -0.3 is 5.73 Å². The molecule has 0 spiro atoms. The lowest BCUT2D eigenvalue weighted by Crippen LogP contribution is -2.35. The average molecular weight is 349 g/mol. The first-order valence-corrected chi connectivity index (χ1v) is 10.8. The zero-order valence-electron chi connectivity index (χ0n) is 12.5. The number of hydrogen-bond acceptors (Lipinski definition) is 5. The molecule has 0 saturated heterocycles. The molecule has 0 saturated carbocycles. The van der Waals surface area contributed by atoms with Gasteiger partial charge in [0.2, 0.25) is 10.0 Å². The standard InChI is InChI=1S/C14H24N2O2S3/c1-3-19-8-7-12(2)16-21(17,18)10-9-20-14-6-4-5-13(15)11-14/h4-6,11-12,16H,3,7-10,15H2,1-2H3. The van der Waals surface area contributed by atoms with E-state index >= 15 is 0 Å². The summed E-state index contributed by atoms with van der Waals surface area (Å²) in [6.45, 7) is 4.02. The Morgan fingerprint density at radius 3 is 2.76 bits per heavy atom. The Hall–Kier alpha value is -0.370. The third kappa shape index (κ3) is 8.60. The van der Waals surface area contributed by atoms with E-state index in [-0.39, 0.29) is 11.8 Å². The maximum absolute atomic E-state index is 12.0. The minimum Gasteiger partial charge on any atom is -0.399 e. The van der Waals surface area contributed by atoms with Gasteiger partial charge in [-0.2, -0.15) is 11.8 Å². The van der Waals surface area contributed by atoms with Crippen LogP contribution in [0.4, 0.5) is 5.69 Å². The fourth-order valence-corrected chi connectivity index (χ4v) is 5.20. The van der Waals surface area contributed by atoms with E-state index < -0.39 is 10.0 Å². The molecule has 1 aromatic carbocycles. The predicted octanol–water partition coefficient (Wildman–Crippen LogP) is 2.81. The first kappa shape index (κ1) is 18.7. The molecular weight excluding hydrogens is 324 g/mol. The van der Waals surface area contributed by atoms with Crippen LogP contribution in [0.3, 0.4) is 0 Å². The van der Waals surface area contributed by atoms with Crippen molar-refractivity contribution in [2.45, 2.75) is 31.2 Å². The van der Waals surface area contributed by atoms with E-state index in [1.165, 1.54) is 11.8 Å². The molecule has 0 bridgehead atoms. The molecule has 1 atom stereocenters. The number of rotatable bonds is 10. The Balaban J connectivity index is 2.32. The zero-order valence-corrected chi connectivity index (χ0v) is 15.0. The molecule has 0 radical (unpaired) electrons. The van der Waals surface area contributed by atoms with Crippen molar-refractivity contribution in [1.82, 2.24) is 4.72 Å². The van der Waals surface area contributed by atoms with Crippen molar-refractivity contribution in [3.63, 3.8) is 0 Å². The van der Waals surface area contributed by atoms with Crippen LogP contribution in [-0.4, -0.2) is 37.5 Å². The number of anilines is 1. The Morgan fingerprint density at radius 1 is 1.33 bits per heavy atom. The predicted molar refractivity (Wildman–Crippen MR) is 95.6 cm³/mol. The number of sulfonamides is 1. The van der Waals surface area contributed by atoms with Gasteiger partial charge in [0.1, 0.15) is 0 Å². The molecule has 4 nitrogen and oxygen atoms in total. The van der Waals surface area contributed by atoms with E-state index in [2.05, 4.69) is 11.6 Å². The molecule has 1 aromatic rings. The van der Waals surface area contributed by atoms with Gasteiger partial charge in [-0.15, -0.1) is 11.8 Å². The van der Waals surface area contributed by atoms with Crippen LogP contribution in [0, 0.1) is 0 Å². The summed E-state index contributed by atoms with van der Waals surface area (Å²) in [7, 11) is -3.21. The van der Waals surface area contributed by atoms with E-state index in [1.54, 1.807) is 0 Å². The Labute approximate surface area is 136 Å². The van der Waals surface area contributed by atoms with Crippen LogP contribution in [-0.2, 0) is 10.0 Å². The lowest BCUT2D eigenvalue weighted by molar-refractivity contribution is 0.558.